The first-order valence-corrected chi connectivity index (χ1v) is 9.15. The predicted octanol–water partition coefficient (Wildman–Crippen LogP) is 2.04. The Balaban J connectivity index is 0.00000484. The quantitative estimate of drug-likeness (QED) is 0.689. The van der Waals surface area contributed by atoms with Crippen molar-refractivity contribution in [3.8, 4) is 0 Å². The lowest BCUT2D eigenvalue weighted by Gasteiger charge is -2.27. The predicted molar refractivity (Wildman–Crippen MR) is 96.7 cm³/mol. The second-order valence-corrected chi connectivity index (χ2v) is 7.42. The van der Waals surface area contributed by atoms with E-state index in [9.17, 15) is 13.2 Å². The Bertz CT molecular complexity index is 643. The molecule has 0 heterocycles. The largest absolute Gasteiger partial charge is 0.350 e. The number of carbonyl (C=O) groups excluding carboxylic acids is 1. The molecule has 1 rings (SSSR count). The Morgan fingerprint density at radius 1 is 1.26 bits per heavy atom. The second kappa shape index (κ2) is 8.52. The minimum atomic E-state index is -3.45. The van der Waals surface area contributed by atoms with Crippen molar-refractivity contribution in [3.05, 3.63) is 29.3 Å². The lowest BCUT2D eigenvalue weighted by atomic mass is 9.94. The van der Waals surface area contributed by atoms with Gasteiger partial charge in [0.15, 0.2) is 0 Å². The summed E-state index contributed by atoms with van der Waals surface area (Å²) in [5.41, 5.74) is 7.14. The third-order valence-corrected chi connectivity index (χ3v) is 4.32. The maximum Gasteiger partial charge on any atom is 0.253 e. The van der Waals surface area contributed by atoms with Gasteiger partial charge in [-0.1, -0.05) is 25.5 Å². The number of nitrogens with one attached hydrogen (secondary N) is 2. The third-order valence-electron chi connectivity index (χ3n) is 3.72. The van der Waals surface area contributed by atoms with Crippen molar-refractivity contribution in [3.63, 3.8) is 0 Å². The number of anilines is 1. The second-order valence-electron chi connectivity index (χ2n) is 5.68. The number of aryl methyl sites for hydroxylation is 1. The summed E-state index contributed by atoms with van der Waals surface area (Å²) in [5.74, 6) is -0.341. The van der Waals surface area contributed by atoms with Gasteiger partial charge in [0.25, 0.3) is 5.91 Å². The van der Waals surface area contributed by atoms with E-state index >= 15 is 0 Å². The molecule has 0 aliphatic carbocycles. The summed E-state index contributed by atoms with van der Waals surface area (Å²) in [6.07, 6.45) is 2.53. The average molecular weight is 364 g/mol. The SMILES string of the molecule is CCC(N)(CC)CNC(=O)c1cc(C)ccc1NS(C)(=O)=O.Cl. The van der Waals surface area contributed by atoms with E-state index in [-0.39, 0.29) is 24.0 Å². The number of halogens is 1. The zero-order valence-electron chi connectivity index (χ0n) is 14.0. The highest BCUT2D eigenvalue weighted by molar-refractivity contribution is 7.92. The van der Waals surface area contributed by atoms with Crippen molar-refractivity contribution in [1.82, 2.24) is 5.32 Å². The fourth-order valence-corrected chi connectivity index (χ4v) is 2.56. The number of hydrogen-bond donors (Lipinski definition) is 3. The molecule has 0 fully saturated rings. The molecule has 23 heavy (non-hydrogen) atoms. The summed E-state index contributed by atoms with van der Waals surface area (Å²) < 4.78 is 25.2. The summed E-state index contributed by atoms with van der Waals surface area (Å²) in [6.45, 7) is 6.12. The van der Waals surface area contributed by atoms with E-state index in [1.54, 1.807) is 18.2 Å². The first-order chi connectivity index (χ1) is 10.1. The highest BCUT2D eigenvalue weighted by Crippen LogP contribution is 2.19. The highest BCUT2D eigenvalue weighted by atomic mass is 35.5. The lowest BCUT2D eigenvalue weighted by Crippen LogP contribution is -2.49. The molecule has 6 nitrogen and oxygen atoms in total. The maximum absolute atomic E-state index is 12.4. The fraction of sp³-hybridized carbons (Fsp3) is 0.533. The smallest absolute Gasteiger partial charge is 0.253 e. The van der Waals surface area contributed by atoms with Crippen LogP contribution >= 0.6 is 12.4 Å². The van der Waals surface area contributed by atoms with Gasteiger partial charge in [-0.2, -0.15) is 0 Å². The van der Waals surface area contributed by atoms with Crippen LogP contribution in [0.5, 0.6) is 0 Å². The Kier molecular flexibility index (Phi) is 8.03. The van der Waals surface area contributed by atoms with Crippen molar-refractivity contribution >= 4 is 34.0 Å². The molecule has 0 radical (unpaired) electrons. The molecule has 0 spiro atoms. The van der Waals surface area contributed by atoms with Crippen LogP contribution in [0.4, 0.5) is 5.69 Å². The first-order valence-electron chi connectivity index (χ1n) is 7.25. The van der Waals surface area contributed by atoms with Crippen LogP contribution in [-0.2, 0) is 10.0 Å². The van der Waals surface area contributed by atoms with Gasteiger partial charge in [0.1, 0.15) is 0 Å². The van der Waals surface area contributed by atoms with E-state index in [4.69, 9.17) is 5.73 Å². The minimum absolute atomic E-state index is 0. The zero-order valence-corrected chi connectivity index (χ0v) is 15.6. The number of amides is 1. The number of nitrogens with two attached hydrogens (primary N) is 1. The molecule has 8 heteroatoms. The number of benzene rings is 1. The molecule has 0 unspecified atom stereocenters. The van der Waals surface area contributed by atoms with Gasteiger partial charge >= 0.3 is 0 Å². The highest BCUT2D eigenvalue weighted by Gasteiger charge is 2.22. The van der Waals surface area contributed by atoms with Crippen LogP contribution in [0.1, 0.15) is 42.6 Å². The first kappa shape index (κ1) is 21.7. The molecule has 1 aromatic rings. The summed E-state index contributed by atoms with van der Waals surface area (Å²) in [4.78, 5) is 12.4. The van der Waals surface area contributed by atoms with Crippen molar-refractivity contribution in [2.45, 2.75) is 39.2 Å². The molecule has 0 aliphatic heterocycles. The molecule has 0 aromatic heterocycles. The summed E-state index contributed by atoms with van der Waals surface area (Å²) in [5, 5.41) is 2.80. The summed E-state index contributed by atoms with van der Waals surface area (Å²) in [6, 6.07) is 4.98. The van der Waals surface area contributed by atoms with Crippen LogP contribution in [0.15, 0.2) is 18.2 Å². The van der Waals surface area contributed by atoms with Gasteiger partial charge in [-0.15, -0.1) is 12.4 Å². The van der Waals surface area contributed by atoms with Crippen LogP contribution in [-0.4, -0.2) is 32.7 Å². The third kappa shape index (κ3) is 6.76. The van der Waals surface area contributed by atoms with Crippen molar-refractivity contribution in [2.24, 2.45) is 5.73 Å². The maximum atomic E-state index is 12.4. The Hall–Kier alpha value is -1.31. The standard InChI is InChI=1S/C15H25N3O3S.ClH/c1-5-15(16,6-2)10-17-14(19)12-9-11(3)7-8-13(12)18-22(4,20)21;/h7-9,18H,5-6,10,16H2,1-4H3,(H,17,19);1H. The fourth-order valence-electron chi connectivity index (χ4n) is 1.99. The zero-order chi connectivity index (χ0) is 17.0. The number of carbonyl (C=O) groups is 1. The van der Waals surface area contributed by atoms with Gasteiger partial charge in [-0.25, -0.2) is 8.42 Å². The molecule has 0 bridgehead atoms. The summed E-state index contributed by atoms with van der Waals surface area (Å²) >= 11 is 0. The number of rotatable bonds is 7. The van der Waals surface area contributed by atoms with E-state index < -0.39 is 15.6 Å². The molecule has 0 aliphatic rings. The molecule has 1 amide bonds. The van der Waals surface area contributed by atoms with Gasteiger partial charge in [-0.3, -0.25) is 9.52 Å². The minimum Gasteiger partial charge on any atom is -0.350 e. The van der Waals surface area contributed by atoms with Crippen LogP contribution in [0.25, 0.3) is 0 Å². The average Bonchev–Trinajstić information content (AvgIpc) is 2.45. The molecule has 0 saturated carbocycles. The Morgan fingerprint density at radius 2 is 1.83 bits per heavy atom. The normalized spacial score (nSPS) is 11.5. The molecule has 1 aromatic carbocycles. The van der Waals surface area contributed by atoms with Crippen LogP contribution in [0.2, 0.25) is 0 Å². The van der Waals surface area contributed by atoms with E-state index in [0.29, 0.717) is 12.1 Å². The number of hydrogen-bond acceptors (Lipinski definition) is 4. The van der Waals surface area contributed by atoms with Gasteiger partial charge < -0.3 is 11.1 Å². The van der Waals surface area contributed by atoms with E-state index in [2.05, 4.69) is 10.0 Å². The molecule has 0 atom stereocenters. The topological polar surface area (TPSA) is 101 Å². The van der Waals surface area contributed by atoms with Gasteiger partial charge in [0.2, 0.25) is 10.0 Å². The molecule has 4 N–H and O–H groups in total. The molecular formula is C15H26ClN3O3S. The number of sulfonamides is 1. The van der Waals surface area contributed by atoms with Crippen molar-refractivity contribution in [1.29, 1.82) is 0 Å². The van der Waals surface area contributed by atoms with Gasteiger partial charge in [-0.05, 0) is 31.9 Å². The van der Waals surface area contributed by atoms with Crippen LogP contribution in [0, 0.1) is 6.92 Å². The van der Waals surface area contributed by atoms with Crippen LogP contribution < -0.4 is 15.8 Å². The molecular weight excluding hydrogens is 338 g/mol. The van der Waals surface area contributed by atoms with Crippen molar-refractivity contribution < 1.29 is 13.2 Å². The lowest BCUT2D eigenvalue weighted by molar-refractivity contribution is 0.0943. The van der Waals surface area contributed by atoms with E-state index in [1.165, 1.54) is 0 Å². The summed E-state index contributed by atoms with van der Waals surface area (Å²) in [7, 11) is -3.45. The monoisotopic (exact) mass is 363 g/mol. The van der Waals surface area contributed by atoms with Gasteiger partial charge in [0.05, 0.1) is 17.5 Å². The van der Waals surface area contributed by atoms with E-state index in [1.807, 2.05) is 20.8 Å². The Morgan fingerprint density at radius 3 is 2.30 bits per heavy atom. The Labute approximate surface area is 144 Å². The van der Waals surface area contributed by atoms with E-state index in [0.717, 1.165) is 24.7 Å². The van der Waals surface area contributed by atoms with Gasteiger partial charge in [0, 0.05) is 12.1 Å². The van der Waals surface area contributed by atoms with Crippen molar-refractivity contribution in [2.75, 3.05) is 17.5 Å². The molecule has 0 saturated heterocycles. The molecule has 132 valence electrons. The van der Waals surface area contributed by atoms with Crippen LogP contribution in [0.3, 0.4) is 0 Å².